The number of hydrogen-bond acceptors (Lipinski definition) is 4. The van der Waals surface area contributed by atoms with Crippen LogP contribution in [-0.2, 0) is 4.79 Å². The second-order valence-corrected chi connectivity index (χ2v) is 9.59. The molecule has 2 aliphatic rings. The lowest BCUT2D eigenvalue weighted by Crippen LogP contribution is -2.55. The second-order valence-electron chi connectivity index (χ2n) is 9.59. The fraction of sp³-hybridized carbons (Fsp3) is 0.464. The standard InChI is InChI=1S/C28H35N3O4/c1-19-10-3-4-12-21(19)27(33)30-24-15-7-6-14-23(24)29-26(32)20-11-9-17-31(18-20)28(34)22-13-5-8-16-25(22)35-2/h3-5,8,10,12-13,16,20,23-24H,6-7,9,11,14-15,17-18H2,1-2H3,(H,29,32)(H,30,33)/t20-,23+,24+/m0/s1. The quantitative estimate of drug-likeness (QED) is 0.664. The van der Waals surface area contributed by atoms with E-state index in [0.717, 1.165) is 44.1 Å². The highest BCUT2D eigenvalue weighted by molar-refractivity contribution is 5.97. The Morgan fingerprint density at radius 3 is 2.23 bits per heavy atom. The van der Waals surface area contributed by atoms with Gasteiger partial charge in [0.15, 0.2) is 0 Å². The number of para-hydroxylation sites is 1. The Bertz CT molecular complexity index is 1070. The number of rotatable bonds is 6. The Hall–Kier alpha value is -3.35. The van der Waals surface area contributed by atoms with Crippen LogP contribution in [0.5, 0.6) is 5.75 Å². The summed E-state index contributed by atoms with van der Waals surface area (Å²) in [5.41, 5.74) is 2.12. The number of amides is 3. The first-order chi connectivity index (χ1) is 17.0. The lowest BCUT2D eigenvalue weighted by Gasteiger charge is -2.36. The third kappa shape index (κ3) is 5.84. The van der Waals surface area contributed by atoms with E-state index >= 15 is 0 Å². The molecule has 3 atom stereocenters. The van der Waals surface area contributed by atoms with Crippen LogP contribution in [-0.4, -0.2) is 54.9 Å². The summed E-state index contributed by atoms with van der Waals surface area (Å²) < 4.78 is 5.35. The molecule has 0 spiro atoms. The highest BCUT2D eigenvalue weighted by atomic mass is 16.5. The maximum atomic E-state index is 13.3. The minimum absolute atomic E-state index is 0.0374. The minimum atomic E-state index is -0.267. The van der Waals surface area contributed by atoms with Crippen molar-refractivity contribution >= 4 is 17.7 Å². The summed E-state index contributed by atoms with van der Waals surface area (Å²) in [5.74, 6) is 0.0293. The molecule has 1 aliphatic carbocycles. The van der Waals surface area contributed by atoms with Gasteiger partial charge in [-0.2, -0.15) is 0 Å². The van der Waals surface area contributed by atoms with Gasteiger partial charge in [0.05, 0.1) is 18.6 Å². The number of benzene rings is 2. The van der Waals surface area contributed by atoms with Gasteiger partial charge in [0.1, 0.15) is 5.75 Å². The fourth-order valence-corrected chi connectivity index (χ4v) is 5.22. The summed E-state index contributed by atoms with van der Waals surface area (Å²) in [6.07, 6.45) is 5.23. The maximum absolute atomic E-state index is 13.3. The van der Waals surface area contributed by atoms with Crippen molar-refractivity contribution in [1.82, 2.24) is 15.5 Å². The molecule has 1 saturated heterocycles. The van der Waals surface area contributed by atoms with Gasteiger partial charge >= 0.3 is 0 Å². The zero-order valence-electron chi connectivity index (χ0n) is 20.6. The SMILES string of the molecule is COc1ccccc1C(=O)N1CCC[C@H](C(=O)N[C@@H]2CCCC[C@H]2NC(=O)c2ccccc2C)C1. The molecule has 2 fully saturated rings. The van der Waals surface area contributed by atoms with E-state index in [1.165, 1.54) is 0 Å². The number of piperidine rings is 1. The average Bonchev–Trinajstić information content (AvgIpc) is 2.89. The third-order valence-corrected chi connectivity index (χ3v) is 7.22. The molecule has 35 heavy (non-hydrogen) atoms. The molecule has 1 aliphatic heterocycles. The molecule has 7 heteroatoms. The predicted molar refractivity (Wildman–Crippen MR) is 134 cm³/mol. The first-order valence-corrected chi connectivity index (χ1v) is 12.6. The van der Waals surface area contributed by atoms with Crippen LogP contribution in [0.15, 0.2) is 48.5 Å². The molecule has 4 rings (SSSR count). The summed E-state index contributed by atoms with van der Waals surface area (Å²) in [5, 5.41) is 6.38. The number of hydrogen-bond donors (Lipinski definition) is 2. The second kappa shape index (κ2) is 11.4. The van der Waals surface area contributed by atoms with Crippen LogP contribution in [0.2, 0.25) is 0 Å². The summed E-state index contributed by atoms with van der Waals surface area (Å²) in [6, 6.07) is 14.5. The van der Waals surface area contributed by atoms with E-state index in [0.29, 0.717) is 30.0 Å². The lowest BCUT2D eigenvalue weighted by molar-refractivity contribution is -0.127. The molecule has 3 amide bonds. The van der Waals surface area contributed by atoms with Gasteiger partial charge in [0.25, 0.3) is 11.8 Å². The van der Waals surface area contributed by atoms with Crippen LogP contribution in [0, 0.1) is 12.8 Å². The largest absolute Gasteiger partial charge is 0.496 e. The van der Waals surface area contributed by atoms with Gasteiger partial charge < -0.3 is 20.3 Å². The van der Waals surface area contributed by atoms with Gasteiger partial charge in [-0.1, -0.05) is 43.2 Å². The monoisotopic (exact) mass is 477 g/mol. The van der Waals surface area contributed by atoms with Crippen molar-refractivity contribution in [1.29, 1.82) is 0 Å². The van der Waals surface area contributed by atoms with Crippen molar-refractivity contribution in [3.63, 3.8) is 0 Å². The molecule has 0 radical (unpaired) electrons. The zero-order valence-corrected chi connectivity index (χ0v) is 20.6. The van der Waals surface area contributed by atoms with Crippen molar-refractivity contribution in [2.24, 2.45) is 5.92 Å². The molecule has 186 valence electrons. The number of nitrogens with one attached hydrogen (secondary N) is 2. The summed E-state index contributed by atoms with van der Waals surface area (Å²) in [7, 11) is 1.55. The number of methoxy groups -OCH3 is 1. The topological polar surface area (TPSA) is 87.7 Å². The number of likely N-dealkylation sites (tertiary alicyclic amines) is 1. The highest BCUT2D eigenvalue weighted by Gasteiger charge is 2.34. The van der Waals surface area contributed by atoms with Crippen LogP contribution in [0.1, 0.15) is 64.8 Å². The lowest BCUT2D eigenvalue weighted by atomic mass is 9.88. The molecule has 2 aromatic carbocycles. The summed E-state index contributed by atoms with van der Waals surface area (Å²) >= 11 is 0. The Labute approximate surface area is 207 Å². The number of nitrogens with zero attached hydrogens (tertiary/aromatic N) is 1. The first-order valence-electron chi connectivity index (χ1n) is 12.6. The van der Waals surface area contributed by atoms with Crippen LogP contribution in [0.25, 0.3) is 0 Å². The number of carbonyl (C=O) groups excluding carboxylic acids is 3. The average molecular weight is 478 g/mol. The molecule has 0 aromatic heterocycles. The van der Waals surface area contributed by atoms with E-state index in [2.05, 4.69) is 10.6 Å². The zero-order chi connectivity index (χ0) is 24.8. The van der Waals surface area contributed by atoms with Gasteiger partial charge in [-0.05, 0) is 56.4 Å². The van der Waals surface area contributed by atoms with Gasteiger partial charge in [-0.15, -0.1) is 0 Å². The number of carbonyl (C=O) groups is 3. The molecule has 7 nitrogen and oxygen atoms in total. The fourth-order valence-electron chi connectivity index (χ4n) is 5.22. The van der Waals surface area contributed by atoms with Crippen LogP contribution < -0.4 is 15.4 Å². The maximum Gasteiger partial charge on any atom is 0.257 e. The number of ether oxygens (including phenoxy) is 1. The van der Waals surface area contributed by atoms with E-state index in [1.807, 2.05) is 43.3 Å². The van der Waals surface area contributed by atoms with Gasteiger partial charge in [0.2, 0.25) is 5.91 Å². The van der Waals surface area contributed by atoms with E-state index in [-0.39, 0.29) is 35.7 Å². The van der Waals surface area contributed by atoms with Crippen molar-refractivity contribution in [3.05, 3.63) is 65.2 Å². The smallest absolute Gasteiger partial charge is 0.257 e. The Morgan fingerprint density at radius 1 is 0.857 bits per heavy atom. The van der Waals surface area contributed by atoms with Gasteiger partial charge in [0, 0.05) is 30.7 Å². The van der Waals surface area contributed by atoms with E-state index < -0.39 is 0 Å². The Balaban J connectivity index is 1.39. The van der Waals surface area contributed by atoms with E-state index in [4.69, 9.17) is 4.74 Å². The molecule has 0 unspecified atom stereocenters. The Kier molecular flexibility index (Phi) is 8.06. The van der Waals surface area contributed by atoms with Crippen LogP contribution in [0.3, 0.4) is 0 Å². The van der Waals surface area contributed by atoms with Gasteiger partial charge in [-0.3, -0.25) is 14.4 Å². The normalized spacial score (nSPS) is 22.2. The molecule has 1 heterocycles. The molecule has 2 N–H and O–H groups in total. The third-order valence-electron chi connectivity index (χ3n) is 7.22. The Morgan fingerprint density at radius 2 is 1.51 bits per heavy atom. The van der Waals surface area contributed by atoms with Gasteiger partial charge in [-0.25, -0.2) is 0 Å². The molecule has 1 saturated carbocycles. The molecule has 0 bridgehead atoms. The molecule has 2 aromatic rings. The first kappa shape index (κ1) is 24.8. The van der Waals surface area contributed by atoms with Crippen molar-refractivity contribution < 1.29 is 19.1 Å². The van der Waals surface area contributed by atoms with E-state index in [1.54, 1.807) is 24.1 Å². The van der Waals surface area contributed by atoms with E-state index in [9.17, 15) is 14.4 Å². The van der Waals surface area contributed by atoms with Crippen molar-refractivity contribution in [2.75, 3.05) is 20.2 Å². The minimum Gasteiger partial charge on any atom is -0.496 e. The van der Waals surface area contributed by atoms with Crippen LogP contribution >= 0.6 is 0 Å². The van der Waals surface area contributed by atoms with Crippen LogP contribution in [0.4, 0.5) is 0 Å². The summed E-state index contributed by atoms with van der Waals surface area (Å²) in [6.45, 7) is 2.94. The molecular formula is C28H35N3O4. The summed E-state index contributed by atoms with van der Waals surface area (Å²) in [4.78, 5) is 41.1. The highest BCUT2D eigenvalue weighted by Crippen LogP contribution is 2.25. The predicted octanol–water partition coefficient (Wildman–Crippen LogP) is 3.71. The number of aryl methyl sites for hydroxylation is 1. The molecular weight excluding hydrogens is 442 g/mol. The van der Waals surface area contributed by atoms with Crippen molar-refractivity contribution in [2.45, 2.75) is 57.5 Å². The van der Waals surface area contributed by atoms with Crippen molar-refractivity contribution in [3.8, 4) is 5.75 Å².